The van der Waals surface area contributed by atoms with Crippen LogP contribution in [-0.2, 0) is 63.0 Å². The zero-order valence-electron chi connectivity index (χ0n) is 52.3. The molecular formula is C74H84KN5O11. The first kappa shape index (κ1) is 73.3. The predicted octanol–water partition coefficient (Wildman–Crippen LogP) is 6.37. The number of amides is 4. The van der Waals surface area contributed by atoms with E-state index in [1.54, 1.807) is 48.5 Å². The molecule has 0 spiro atoms. The number of nitrogens with one attached hydrogen (secondary N) is 1. The van der Waals surface area contributed by atoms with Gasteiger partial charge in [0.15, 0.2) is 0 Å². The number of carbonyl (C=O) groups is 4. The fourth-order valence-corrected chi connectivity index (χ4v) is 9.64. The third-order valence-electron chi connectivity index (χ3n) is 14.2. The number of imide groups is 2. The summed E-state index contributed by atoms with van der Waals surface area (Å²) in [7, 11) is 0. The molecule has 472 valence electrons. The summed E-state index contributed by atoms with van der Waals surface area (Å²) in [4.78, 5) is 54.9. The third kappa shape index (κ3) is 28.4. The largest absolute Gasteiger partial charge is 1.00 e. The monoisotopic (exact) mass is 1260 g/mol. The Bertz CT molecular complexity index is 3090. The van der Waals surface area contributed by atoms with E-state index in [4.69, 9.17) is 24.1 Å². The van der Waals surface area contributed by atoms with Crippen LogP contribution in [0.25, 0.3) is 0 Å². The van der Waals surface area contributed by atoms with E-state index in [1.165, 1.54) is 38.3 Å². The van der Waals surface area contributed by atoms with Crippen LogP contribution in [-0.4, -0.2) is 154 Å². The summed E-state index contributed by atoms with van der Waals surface area (Å²) >= 11 is 0. The minimum absolute atomic E-state index is 0. The molecule has 1 fully saturated rings. The van der Waals surface area contributed by atoms with E-state index < -0.39 is 0 Å². The van der Waals surface area contributed by atoms with Gasteiger partial charge in [0.05, 0.1) is 94.9 Å². The fraction of sp³-hybridized carbons (Fsp3) is 0.297. The number of epoxide rings is 1. The van der Waals surface area contributed by atoms with E-state index in [2.05, 4.69) is 170 Å². The maximum absolute atomic E-state index is 12.4. The van der Waals surface area contributed by atoms with E-state index in [0.717, 1.165) is 65.6 Å². The number of hydrogen-bond donors (Lipinski definition) is 2. The van der Waals surface area contributed by atoms with Gasteiger partial charge in [0.1, 0.15) is 0 Å². The van der Waals surface area contributed by atoms with Gasteiger partial charge in [-0.2, -0.15) is 0 Å². The van der Waals surface area contributed by atoms with Crippen LogP contribution in [0.2, 0.25) is 0 Å². The van der Waals surface area contributed by atoms with Crippen molar-refractivity contribution in [1.29, 1.82) is 0 Å². The third-order valence-corrected chi connectivity index (χ3v) is 14.2. The van der Waals surface area contributed by atoms with Gasteiger partial charge in [-0.15, -0.1) is 6.61 Å². The second-order valence-electron chi connectivity index (χ2n) is 21.2. The van der Waals surface area contributed by atoms with Crippen LogP contribution in [0.4, 0.5) is 0 Å². The summed E-state index contributed by atoms with van der Waals surface area (Å²) in [6.07, 6.45) is 0. The number of benzene rings is 8. The van der Waals surface area contributed by atoms with Crippen LogP contribution < -0.4 is 61.8 Å². The molecule has 8 aromatic carbocycles. The Morgan fingerprint density at radius 2 is 0.637 bits per heavy atom. The molecule has 3 aliphatic rings. The van der Waals surface area contributed by atoms with Crippen LogP contribution in [0, 0.1) is 0 Å². The molecule has 0 bridgehead atoms. The molecule has 0 saturated carbocycles. The molecule has 17 heteroatoms. The Morgan fingerprint density at radius 1 is 0.374 bits per heavy atom. The van der Waals surface area contributed by atoms with Crippen molar-refractivity contribution in [1.82, 2.24) is 24.9 Å². The van der Waals surface area contributed by atoms with Crippen molar-refractivity contribution in [3.05, 3.63) is 286 Å². The molecule has 0 aliphatic carbocycles. The van der Waals surface area contributed by atoms with Gasteiger partial charge < -0.3 is 33.9 Å². The fourth-order valence-electron chi connectivity index (χ4n) is 9.64. The molecule has 4 amide bonds. The van der Waals surface area contributed by atoms with E-state index in [-0.39, 0.29) is 101 Å². The van der Waals surface area contributed by atoms with Gasteiger partial charge in [-0.25, -0.2) is 0 Å². The normalized spacial score (nSPS) is 12.5. The molecule has 16 nitrogen and oxygen atoms in total. The molecule has 11 rings (SSSR count). The zero-order chi connectivity index (χ0) is 63.1. The molecule has 1 saturated heterocycles. The molecular weight excluding hydrogens is 1170 g/mol. The summed E-state index contributed by atoms with van der Waals surface area (Å²) in [5, 5.41) is 21.6. The Hall–Kier alpha value is -6.72. The first-order valence-electron chi connectivity index (χ1n) is 30.7. The average molecular weight is 1260 g/mol. The van der Waals surface area contributed by atoms with Crippen molar-refractivity contribution in [3.63, 3.8) is 0 Å². The summed E-state index contributed by atoms with van der Waals surface area (Å²) in [5.41, 5.74) is 9.57. The SMILES string of the molecule is C1CO1.O=C1NC(=O)c2ccccc21.O=C1c2ccccc2C(=O)N1CCOCCOCCN(Cc1ccccc1)Cc1ccccc1.OCCN(Cc1ccccc1)Cc1ccccc1.[K+].[O-]CCOCCOCCN(Cc1ccccc1)Cc1ccccc1. The van der Waals surface area contributed by atoms with Crippen molar-refractivity contribution in [3.8, 4) is 0 Å². The molecule has 2 N–H and O–H groups in total. The molecule has 3 heterocycles. The molecule has 0 atom stereocenters. The Balaban J connectivity index is 0.000000201. The predicted molar refractivity (Wildman–Crippen MR) is 347 cm³/mol. The summed E-state index contributed by atoms with van der Waals surface area (Å²) in [6.45, 7) is 13.6. The van der Waals surface area contributed by atoms with Crippen LogP contribution in [0.5, 0.6) is 0 Å². The number of fused-ring (bicyclic) bond motifs is 2. The number of aliphatic hydroxyl groups is 1. The van der Waals surface area contributed by atoms with Crippen molar-refractivity contribution in [2.75, 3.05) is 105 Å². The summed E-state index contributed by atoms with van der Waals surface area (Å²) in [6, 6.07) is 76.2. The van der Waals surface area contributed by atoms with E-state index in [1.807, 2.05) is 36.4 Å². The maximum atomic E-state index is 12.4. The quantitative estimate of drug-likeness (QED) is 0.0211. The van der Waals surface area contributed by atoms with Gasteiger partial charge in [0, 0.05) is 65.5 Å². The second-order valence-corrected chi connectivity index (χ2v) is 21.2. The maximum Gasteiger partial charge on any atom is 1.00 e. The molecule has 0 radical (unpaired) electrons. The smallest absolute Gasteiger partial charge is 0.853 e. The van der Waals surface area contributed by atoms with Crippen LogP contribution in [0.15, 0.2) is 231 Å². The van der Waals surface area contributed by atoms with E-state index >= 15 is 0 Å². The van der Waals surface area contributed by atoms with Crippen molar-refractivity contribution < 1.29 is 104 Å². The van der Waals surface area contributed by atoms with Gasteiger partial charge in [-0.3, -0.25) is 44.1 Å². The molecule has 0 aromatic heterocycles. The van der Waals surface area contributed by atoms with Gasteiger partial charge >= 0.3 is 51.4 Å². The van der Waals surface area contributed by atoms with E-state index in [9.17, 15) is 24.3 Å². The average Bonchev–Trinajstić information content (AvgIpc) is 1.77. The standard InChI is InChI=1S/C28H30N2O4.C20H26NO3.C16H19NO.C8H5NO2.C2H4O.K/c31-27-25-13-7-8-14-26(25)28(32)30(27)16-18-34-20-19-33-17-15-29(21-23-9-3-1-4-10-23)22-24-11-5-2-6-12-24;22-12-14-24-16-15-23-13-11-21(17-19-7-3-1-4-8-19)18-20-9-5-2-6-10-20;18-12-11-17(13-15-7-3-1-4-8-15)14-16-9-5-2-6-10-16;10-7-5-3-1-2-4-6(5)8(11)9-7;1-2-3-1;/h1-14H,15-22H2;1-10H,11-18H2;1-10,18H,11-14H2;1-4H,(H,9,10,11);1-2H2;/q;-1;;;;+1. The Morgan fingerprint density at radius 3 is 0.923 bits per heavy atom. The number of nitrogens with zero attached hydrogens (tertiary/aromatic N) is 4. The molecule has 0 unspecified atom stereocenters. The van der Waals surface area contributed by atoms with Gasteiger partial charge in [0.25, 0.3) is 23.6 Å². The minimum Gasteiger partial charge on any atom is -0.853 e. The number of carbonyl (C=O) groups excluding carboxylic acids is 4. The molecule has 91 heavy (non-hydrogen) atoms. The summed E-state index contributed by atoms with van der Waals surface area (Å²) < 4.78 is 26.6. The van der Waals surface area contributed by atoms with Crippen LogP contribution in [0.3, 0.4) is 0 Å². The number of hydrogen-bond acceptors (Lipinski definition) is 14. The number of ether oxygens (including phenoxy) is 5. The van der Waals surface area contributed by atoms with Crippen LogP contribution >= 0.6 is 0 Å². The second kappa shape index (κ2) is 43.9. The summed E-state index contributed by atoms with van der Waals surface area (Å²) in [5.74, 6) is -1.11. The van der Waals surface area contributed by atoms with Crippen LogP contribution in [0.1, 0.15) is 74.8 Å². The number of rotatable bonds is 31. The first-order chi connectivity index (χ1) is 44.3. The Kier molecular flexibility index (Phi) is 35.4. The topological polar surface area (TPSA) is 186 Å². The first-order valence-corrected chi connectivity index (χ1v) is 30.7. The number of aliphatic hydroxyl groups excluding tert-OH is 1. The molecule has 8 aromatic rings. The van der Waals surface area contributed by atoms with E-state index in [0.29, 0.717) is 75.0 Å². The Labute approximate surface area is 579 Å². The van der Waals surface area contributed by atoms with Crippen molar-refractivity contribution in [2.45, 2.75) is 39.3 Å². The zero-order valence-corrected chi connectivity index (χ0v) is 55.4. The van der Waals surface area contributed by atoms with Gasteiger partial charge in [-0.1, -0.05) is 206 Å². The van der Waals surface area contributed by atoms with Gasteiger partial charge in [0.2, 0.25) is 0 Å². The van der Waals surface area contributed by atoms with Crippen molar-refractivity contribution >= 4 is 23.6 Å². The van der Waals surface area contributed by atoms with Crippen molar-refractivity contribution in [2.24, 2.45) is 0 Å². The molecule has 3 aliphatic heterocycles. The minimum atomic E-state index is -0.300. The van der Waals surface area contributed by atoms with Gasteiger partial charge in [-0.05, 0) is 57.6 Å².